The number of aromatic nitrogens is 3. The predicted molar refractivity (Wildman–Crippen MR) is 202 cm³/mol. The highest BCUT2D eigenvalue weighted by Gasteiger charge is 2.54. The van der Waals surface area contributed by atoms with Crippen molar-refractivity contribution in [3.8, 4) is 0 Å². The minimum absolute atomic E-state index is 0.0188. The van der Waals surface area contributed by atoms with Crippen LogP contribution in [0.25, 0.3) is 0 Å². The average Bonchev–Trinajstić information content (AvgIpc) is 3.21. The lowest BCUT2D eigenvalue weighted by Crippen LogP contribution is -2.44. The van der Waals surface area contributed by atoms with E-state index in [4.69, 9.17) is 9.72 Å². The van der Waals surface area contributed by atoms with E-state index in [1.807, 2.05) is 37.3 Å². The normalized spacial score (nSPS) is 15.3. The Balaban J connectivity index is 0.000000556. The van der Waals surface area contributed by atoms with Gasteiger partial charge in [-0.2, -0.15) is 26.3 Å². The maximum atomic E-state index is 13.0. The second-order valence-corrected chi connectivity index (χ2v) is 13.7. The zero-order valence-corrected chi connectivity index (χ0v) is 32.3. The number of alkyl halides is 6. The molecule has 1 fully saturated rings. The third-order valence-electron chi connectivity index (χ3n) is 9.61. The van der Waals surface area contributed by atoms with Crippen molar-refractivity contribution in [1.29, 1.82) is 0 Å². The number of aryl methyl sites for hydroxylation is 1. The highest BCUT2D eigenvalue weighted by Crippen LogP contribution is 2.33. The number of fused-ring (bicyclic) bond motifs is 1. The van der Waals surface area contributed by atoms with E-state index >= 15 is 0 Å². The number of aliphatic carboxylic acids is 1. The molecule has 1 unspecified atom stereocenters. The number of ketones is 2. The number of benzene rings is 1. The number of carboxylic acid groups (broad SMARTS) is 1. The van der Waals surface area contributed by atoms with Gasteiger partial charge >= 0.3 is 35.9 Å². The Labute approximate surface area is 335 Å². The average molecular weight is 838 g/mol. The first kappa shape index (κ1) is 45.9. The number of hydrogen-bond donors (Lipinski definition) is 4. The van der Waals surface area contributed by atoms with Crippen molar-refractivity contribution in [2.45, 2.75) is 83.1 Å². The monoisotopic (exact) mass is 837 g/mol. The van der Waals surface area contributed by atoms with E-state index in [0.29, 0.717) is 18.2 Å². The first-order chi connectivity index (χ1) is 27.9. The standard InChI is InChI=1S/C35H45N7O5.C4F6O2/c1-3-27-32(37-21-26(34(44)45)20-30(43)40-29(35(46)47-4-2)19-23-9-6-5-7-10-23)38-22-39-33(27)42-17-14-24(15-18-42)28-13-12-25-11-8-16-36-31(25)41-28;5-3(6,7)1(11)2(12)4(8,9)10/h5-7,9-10,12-13,22,24,26,29H,3-4,8,11,14-21H2,1-2H3,(H,36,41)(H,40,43)(H,44,45)(H,37,38,39);/t26-,29?;/m0./s1. The zero-order valence-electron chi connectivity index (χ0n) is 32.3. The van der Waals surface area contributed by atoms with Gasteiger partial charge in [0.1, 0.15) is 29.8 Å². The number of amides is 1. The third kappa shape index (κ3) is 13.1. The second kappa shape index (κ2) is 20.7. The van der Waals surface area contributed by atoms with Gasteiger partial charge in [-0.05, 0) is 56.2 Å². The van der Waals surface area contributed by atoms with Crippen LogP contribution in [0.15, 0.2) is 48.8 Å². The topological polar surface area (TPSA) is 193 Å². The van der Waals surface area contributed by atoms with Gasteiger partial charge in [0.05, 0.1) is 12.5 Å². The molecule has 4 heterocycles. The maximum Gasteiger partial charge on any atom is 0.458 e. The Morgan fingerprint density at radius 3 is 2.20 bits per heavy atom. The van der Waals surface area contributed by atoms with Gasteiger partial charge in [-0.1, -0.05) is 43.3 Å². The number of anilines is 3. The molecule has 0 aliphatic carbocycles. The van der Waals surface area contributed by atoms with Gasteiger partial charge in [0.25, 0.3) is 0 Å². The maximum absolute atomic E-state index is 13.0. The van der Waals surface area contributed by atoms with Crippen LogP contribution in [0, 0.1) is 5.92 Å². The molecule has 20 heteroatoms. The highest BCUT2D eigenvalue weighted by atomic mass is 19.4. The van der Waals surface area contributed by atoms with Crippen LogP contribution in [-0.4, -0.2) is 101 Å². The van der Waals surface area contributed by atoms with E-state index in [2.05, 4.69) is 43.0 Å². The fourth-order valence-electron chi connectivity index (χ4n) is 6.60. The lowest BCUT2D eigenvalue weighted by atomic mass is 9.92. The van der Waals surface area contributed by atoms with Gasteiger partial charge in [-0.15, -0.1) is 0 Å². The van der Waals surface area contributed by atoms with Crippen molar-refractivity contribution < 1.29 is 60.2 Å². The molecule has 0 saturated carbocycles. The molecule has 14 nitrogen and oxygen atoms in total. The van der Waals surface area contributed by atoms with E-state index < -0.39 is 53.7 Å². The van der Waals surface area contributed by atoms with E-state index in [1.165, 1.54) is 11.9 Å². The highest BCUT2D eigenvalue weighted by molar-refractivity contribution is 6.41. The van der Waals surface area contributed by atoms with Gasteiger partial charge in [-0.3, -0.25) is 19.2 Å². The molecule has 4 N–H and O–H groups in total. The Hall–Kier alpha value is -5.82. The minimum Gasteiger partial charge on any atom is -0.481 e. The predicted octanol–water partition coefficient (Wildman–Crippen LogP) is 5.22. The van der Waals surface area contributed by atoms with Crippen molar-refractivity contribution in [1.82, 2.24) is 20.3 Å². The Kier molecular flexibility index (Phi) is 16.1. The van der Waals surface area contributed by atoms with Crippen LogP contribution in [-0.2, 0) is 48.0 Å². The Bertz CT molecular complexity index is 1920. The van der Waals surface area contributed by atoms with Gasteiger partial charge in [0.15, 0.2) is 0 Å². The molecule has 59 heavy (non-hydrogen) atoms. The molecule has 320 valence electrons. The first-order valence-electron chi connectivity index (χ1n) is 18.9. The van der Waals surface area contributed by atoms with E-state index in [0.717, 1.165) is 73.8 Å². The SMILES string of the molecule is CCOC(=O)C(Cc1ccccc1)NC(=O)C[C@@H](CNc1ncnc(N2CCC(c3ccc4c(n3)NCCC4)CC2)c1CC)C(=O)O.O=C(C(=O)C(F)(F)F)C(F)(F)F. The molecule has 3 aromatic rings. The molecule has 0 radical (unpaired) electrons. The van der Waals surface area contributed by atoms with E-state index in [9.17, 15) is 55.4 Å². The summed E-state index contributed by atoms with van der Waals surface area (Å²) in [4.78, 5) is 73.3. The van der Waals surface area contributed by atoms with Crippen LogP contribution in [0.1, 0.15) is 67.8 Å². The van der Waals surface area contributed by atoms with Crippen molar-refractivity contribution >= 4 is 46.9 Å². The minimum atomic E-state index is -5.77. The fraction of sp³-hybridized carbons (Fsp3) is 0.487. The number of pyridine rings is 1. The summed E-state index contributed by atoms with van der Waals surface area (Å²) in [6, 6.07) is 12.7. The number of carboxylic acids is 1. The summed E-state index contributed by atoms with van der Waals surface area (Å²) in [5.74, 6) is -7.29. The Morgan fingerprint density at radius 1 is 0.949 bits per heavy atom. The summed E-state index contributed by atoms with van der Waals surface area (Å²) in [5, 5.41) is 19.3. The summed E-state index contributed by atoms with van der Waals surface area (Å²) >= 11 is 0. The number of hydrogen-bond acceptors (Lipinski definition) is 12. The largest absolute Gasteiger partial charge is 0.481 e. The fourth-order valence-corrected chi connectivity index (χ4v) is 6.60. The van der Waals surface area contributed by atoms with Crippen molar-refractivity contribution in [2.75, 3.05) is 48.3 Å². The number of esters is 1. The molecular weight excluding hydrogens is 792 g/mol. The molecule has 2 atom stereocenters. The molecule has 0 bridgehead atoms. The molecule has 2 aromatic heterocycles. The van der Waals surface area contributed by atoms with Crippen LogP contribution in [0.5, 0.6) is 0 Å². The molecule has 2 aliphatic heterocycles. The van der Waals surface area contributed by atoms with Gasteiger partial charge in [-0.25, -0.2) is 19.7 Å². The summed E-state index contributed by atoms with van der Waals surface area (Å²) in [7, 11) is 0. The van der Waals surface area contributed by atoms with Crippen LogP contribution >= 0.6 is 0 Å². The van der Waals surface area contributed by atoms with Gasteiger partial charge in [0.2, 0.25) is 5.91 Å². The quantitative estimate of drug-likeness (QED) is 0.0886. The van der Waals surface area contributed by atoms with Gasteiger partial charge < -0.3 is 30.7 Å². The molecule has 0 spiro atoms. The van der Waals surface area contributed by atoms with Crippen LogP contribution < -0.4 is 20.9 Å². The molecule has 1 aromatic carbocycles. The molecule has 1 saturated heterocycles. The molecule has 2 aliphatic rings. The molecule has 1 amide bonds. The number of carbonyl (C=O) groups excluding carboxylic acids is 4. The second-order valence-electron chi connectivity index (χ2n) is 13.7. The van der Waals surface area contributed by atoms with Crippen LogP contribution in [0.3, 0.4) is 0 Å². The molecule has 5 rings (SSSR count). The third-order valence-corrected chi connectivity index (χ3v) is 9.61. The zero-order chi connectivity index (χ0) is 43.3. The van der Waals surface area contributed by atoms with Crippen LogP contribution in [0.2, 0.25) is 0 Å². The van der Waals surface area contributed by atoms with Crippen molar-refractivity contribution in [3.63, 3.8) is 0 Å². The van der Waals surface area contributed by atoms with Crippen molar-refractivity contribution in [2.24, 2.45) is 5.92 Å². The van der Waals surface area contributed by atoms with Gasteiger partial charge in [0, 0.05) is 56.2 Å². The number of rotatable bonds is 15. The summed E-state index contributed by atoms with van der Waals surface area (Å²) < 4.78 is 72.1. The summed E-state index contributed by atoms with van der Waals surface area (Å²) in [6.45, 7) is 6.48. The number of ether oxygens (including phenoxy) is 1. The number of Topliss-reactive ketones (excluding diaryl/α,β-unsaturated/α-hetero) is 2. The summed E-state index contributed by atoms with van der Waals surface area (Å²) in [6.07, 6.45) is -5.35. The Morgan fingerprint density at radius 2 is 1.61 bits per heavy atom. The lowest BCUT2D eigenvalue weighted by molar-refractivity contribution is -0.193. The van der Waals surface area contributed by atoms with Crippen LogP contribution in [0.4, 0.5) is 43.8 Å². The van der Waals surface area contributed by atoms with E-state index in [-0.39, 0.29) is 26.0 Å². The smallest absolute Gasteiger partial charge is 0.458 e. The lowest BCUT2D eigenvalue weighted by Gasteiger charge is -2.34. The number of carbonyl (C=O) groups is 5. The number of halogens is 6. The van der Waals surface area contributed by atoms with Crippen molar-refractivity contribution in [3.05, 3.63) is 71.2 Å². The first-order valence-corrected chi connectivity index (χ1v) is 18.9. The molecular formula is C39H45F6N7O7. The summed E-state index contributed by atoms with van der Waals surface area (Å²) in [5.41, 5.74) is 4.18. The number of nitrogens with one attached hydrogen (secondary N) is 3. The van der Waals surface area contributed by atoms with E-state index in [1.54, 1.807) is 6.92 Å². The number of piperidine rings is 1. The number of nitrogens with zero attached hydrogens (tertiary/aromatic N) is 4.